The molecule has 3 aliphatic rings. The molecule has 1 saturated carbocycles. The first-order chi connectivity index (χ1) is 17.6. The van der Waals surface area contributed by atoms with Gasteiger partial charge in [-0.05, 0) is 51.2 Å². The lowest BCUT2D eigenvalue weighted by molar-refractivity contribution is -0.138. The number of halogens is 1. The lowest BCUT2D eigenvalue weighted by Crippen LogP contribution is -2.60. The van der Waals surface area contributed by atoms with Crippen molar-refractivity contribution in [1.82, 2.24) is 10.2 Å². The second kappa shape index (κ2) is 11.5. The number of amides is 2. The Labute approximate surface area is 238 Å². The molecule has 3 N–H and O–H groups in total. The molecular formula is C26H41ClN4O6S2. The summed E-state index contributed by atoms with van der Waals surface area (Å²) in [6.07, 6.45) is 6.07. The number of likely N-dealkylation sites (tertiary alicyclic amines) is 1. The predicted octanol–water partition coefficient (Wildman–Crippen LogP) is 1.72. The second-order valence-electron chi connectivity index (χ2n) is 11.7. The molecule has 0 radical (unpaired) electrons. The standard InChI is InChI=1S/C26H40N4O6S2.ClH/c1-25(2,27)24(32)28-21(17-38(35,36)19-9-5-4-6-10-19)23(31)29-15-13-26(14-16-29)18-30(37(3,33)34)22-12-8-7-11-20(22)26;/h7-8,11-12,19,21H,4-6,9-10,13-18,27H2,1-3H3,(H,28,32);1H. The number of carbonyl (C=O) groups is 2. The SMILES string of the molecule is CC(C)(N)C(=O)NC(CS(=O)(=O)C1CCCCC1)C(=O)N1CCC2(CC1)CN(S(C)(=O)=O)c1ccccc12.Cl. The van der Waals surface area contributed by atoms with E-state index in [0.29, 0.717) is 51.0 Å². The number of nitrogens with zero attached hydrogens (tertiary/aromatic N) is 2. The molecule has 2 fully saturated rings. The van der Waals surface area contributed by atoms with Gasteiger partial charge in [0.05, 0.1) is 28.5 Å². The average Bonchev–Trinajstić information content (AvgIpc) is 3.18. The van der Waals surface area contributed by atoms with E-state index in [1.54, 1.807) is 11.0 Å². The van der Waals surface area contributed by atoms with E-state index in [1.165, 1.54) is 24.4 Å². The van der Waals surface area contributed by atoms with Crippen LogP contribution in [0.25, 0.3) is 0 Å². The predicted molar refractivity (Wildman–Crippen MR) is 154 cm³/mol. The van der Waals surface area contributed by atoms with Crippen molar-refractivity contribution in [1.29, 1.82) is 0 Å². The van der Waals surface area contributed by atoms with Gasteiger partial charge in [0.25, 0.3) is 0 Å². The van der Waals surface area contributed by atoms with Crippen LogP contribution in [0.4, 0.5) is 5.69 Å². The molecule has 1 aromatic rings. The van der Waals surface area contributed by atoms with Crippen LogP contribution in [0.1, 0.15) is 64.4 Å². The van der Waals surface area contributed by atoms with E-state index in [4.69, 9.17) is 5.73 Å². The monoisotopic (exact) mass is 604 g/mol. The van der Waals surface area contributed by atoms with E-state index >= 15 is 0 Å². The summed E-state index contributed by atoms with van der Waals surface area (Å²) in [4.78, 5) is 28.0. The van der Waals surface area contributed by atoms with Crippen LogP contribution >= 0.6 is 12.4 Å². The van der Waals surface area contributed by atoms with Crippen LogP contribution in [0.15, 0.2) is 24.3 Å². The van der Waals surface area contributed by atoms with Gasteiger partial charge in [-0.25, -0.2) is 16.8 Å². The number of fused-ring (bicyclic) bond motifs is 2. The molecule has 2 heterocycles. The summed E-state index contributed by atoms with van der Waals surface area (Å²) in [6.45, 7) is 3.98. The zero-order valence-electron chi connectivity index (χ0n) is 22.9. The minimum absolute atomic E-state index is 0. The number of sulfonamides is 1. The van der Waals surface area contributed by atoms with Crippen molar-refractivity contribution in [3.05, 3.63) is 29.8 Å². The Morgan fingerprint density at radius 1 is 1.08 bits per heavy atom. The van der Waals surface area contributed by atoms with Crippen LogP contribution in [0, 0.1) is 0 Å². The van der Waals surface area contributed by atoms with E-state index in [0.717, 1.165) is 24.8 Å². The zero-order valence-corrected chi connectivity index (χ0v) is 25.3. The molecule has 4 rings (SSSR count). The van der Waals surface area contributed by atoms with Gasteiger partial charge in [-0.2, -0.15) is 0 Å². The number of carbonyl (C=O) groups excluding carboxylic acids is 2. The van der Waals surface area contributed by atoms with Crippen molar-refractivity contribution < 1.29 is 26.4 Å². The number of para-hydroxylation sites is 1. The van der Waals surface area contributed by atoms with Crippen LogP contribution in [0.3, 0.4) is 0 Å². The zero-order chi connectivity index (χ0) is 27.9. The summed E-state index contributed by atoms with van der Waals surface area (Å²) in [7, 11) is -7.09. The molecule has 10 nitrogen and oxygen atoms in total. The minimum Gasteiger partial charge on any atom is -0.342 e. The maximum absolute atomic E-state index is 13.7. The summed E-state index contributed by atoms with van der Waals surface area (Å²) in [5.41, 5.74) is 5.86. The fraction of sp³-hybridized carbons (Fsp3) is 0.692. The normalized spacial score (nSPS) is 20.7. The number of hydrogen-bond donors (Lipinski definition) is 2. The third-order valence-corrected chi connectivity index (χ3v) is 11.7. The van der Waals surface area contributed by atoms with E-state index in [2.05, 4.69) is 5.32 Å². The van der Waals surface area contributed by atoms with Gasteiger partial charge in [-0.15, -0.1) is 12.4 Å². The number of hydrogen-bond acceptors (Lipinski definition) is 7. The molecule has 220 valence electrons. The lowest BCUT2D eigenvalue weighted by Gasteiger charge is -2.41. The topological polar surface area (TPSA) is 147 Å². The molecule has 39 heavy (non-hydrogen) atoms. The maximum atomic E-state index is 13.7. The van der Waals surface area contributed by atoms with Crippen molar-refractivity contribution in [3.8, 4) is 0 Å². The Bertz CT molecular complexity index is 1280. The van der Waals surface area contributed by atoms with Crippen molar-refractivity contribution in [2.45, 2.75) is 81.0 Å². The van der Waals surface area contributed by atoms with Crippen molar-refractivity contribution >= 4 is 49.8 Å². The average molecular weight is 605 g/mol. The third kappa shape index (κ3) is 6.71. The van der Waals surface area contributed by atoms with E-state index in [-0.39, 0.29) is 12.4 Å². The Morgan fingerprint density at radius 2 is 1.67 bits per heavy atom. The molecule has 1 spiro atoms. The molecule has 1 unspecified atom stereocenters. The molecule has 13 heteroatoms. The number of benzene rings is 1. The second-order valence-corrected chi connectivity index (χ2v) is 16.0. The van der Waals surface area contributed by atoms with E-state index in [9.17, 15) is 26.4 Å². The van der Waals surface area contributed by atoms with Gasteiger partial charge in [0.1, 0.15) is 6.04 Å². The van der Waals surface area contributed by atoms with Gasteiger partial charge < -0.3 is 16.0 Å². The highest BCUT2D eigenvalue weighted by Gasteiger charge is 2.48. The van der Waals surface area contributed by atoms with Crippen LogP contribution in [0.2, 0.25) is 0 Å². The molecular weight excluding hydrogens is 564 g/mol. The van der Waals surface area contributed by atoms with Crippen LogP contribution in [-0.4, -0.2) is 82.0 Å². The maximum Gasteiger partial charge on any atom is 0.246 e. The largest absolute Gasteiger partial charge is 0.342 e. The van der Waals surface area contributed by atoms with Gasteiger partial charge in [-0.1, -0.05) is 37.5 Å². The smallest absolute Gasteiger partial charge is 0.246 e. The Kier molecular flexibility index (Phi) is 9.36. The van der Waals surface area contributed by atoms with Crippen LogP contribution < -0.4 is 15.4 Å². The number of rotatable bonds is 7. The summed E-state index contributed by atoms with van der Waals surface area (Å²) in [6, 6.07) is 6.23. The molecule has 2 aliphatic heterocycles. The highest BCUT2D eigenvalue weighted by atomic mass is 35.5. The van der Waals surface area contributed by atoms with Crippen LogP contribution in [-0.2, 0) is 34.9 Å². The van der Waals surface area contributed by atoms with Crippen LogP contribution in [0.5, 0.6) is 0 Å². The number of sulfone groups is 1. The molecule has 1 atom stereocenters. The molecule has 1 aromatic carbocycles. The third-order valence-electron chi connectivity index (χ3n) is 8.27. The number of anilines is 1. The van der Waals surface area contributed by atoms with Gasteiger partial charge in [-0.3, -0.25) is 13.9 Å². The summed E-state index contributed by atoms with van der Waals surface area (Å²) >= 11 is 0. The fourth-order valence-electron chi connectivity index (χ4n) is 6.00. The Hall–Kier alpha value is -1.89. The first-order valence-corrected chi connectivity index (χ1v) is 16.9. The quantitative estimate of drug-likeness (QED) is 0.481. The summed E-state index contributed by atoms with van der Waals surface area (Å²) < 4.78 is 52.9. The van der Waals surface area contributed by atoms with Gasteiger partial charge in [0.15, 0.2) is 9.84 Å². The first-order valence-electron chi connectivity index (χ1n) is 13.3. The summed E-state index contributed by atoms with van der Waals surface area (Å²) in [5, 5.41) is 2.13. The first kappa shape index (κ1) is 31.6. The number of nitrogens with two attached hydrogens (primary N) is 1. The number of nitrogens with one attached hydrogen (secondary N) is 1. The van der Waals surface area contributed by atoms with Crippen molar-refractivity contribution in [3.63, 3.8) is 0 Å². The number of piperidine rings is 1. The molecule has 2 amide bonds. The van der Waals surface area contributed by atoms with E-state index < -0.39 is 59.7 Å². The highest BCUT2D eigenvalue weighted by Crippen LogP contribution is 2.47. The van der Waals surface area contributed by atoms with Crippen molar-refractivity contribution in [2.75, 3.05) is 35.9 Å². The Balaban J connectivity index is 0.00000420. The van der Waals surface area contributed by atoms with Crippen molar-refractivity contribution in [2.24, 2.45) is 5.73 Å². The lowest BCUT2D eigenvalue weighted by atomic mass is 9.74. The van der Waals surface area contributed by atoms with E-state index in [1.807, 2.05) is 18.2 Å². The van der Waals surface area contributed by atoms with Gasteiger partial charge in [0.2, 0.25) is 21.8 Å². The van der Waals surface area contributed by atoms with Gasteiger partial charge >= 0.3 is 0 Å². The molecule has 0 aromatic heterocycles. The van der Waals surface area contributed by atoms with Gasteiger partial charge in [0, 0.05) is 25.0 Å². The highest BCUT2D eigenvalue weighted by molar-refractivity contribution is 7.92. The fourth-order valence-corrected chi connectivity index (χ4v) is 9.01. The molecule has 1 aliphatic carbocycles. The summed E-state index contributed by atoms with van der Waals surface area (Å²) in [5.74, 6) is -1.48. The Morgan fingerprint density at radius 3 is 2.23 bits per heavy atom. The minimum atomic E-state index is -3.62. The molecule has 1 saturated heterocycles. The molecule has 0 bridgehead atoms.